The van der Waals surface area contributed by atoms with Crippen molar-refractivity contribution in [2.24, 2.45) is 4.99 Å². The number of aliphatic carboxylic acids is 1. The van der Waals surface area contributed by atoms with Crippen molar-refractivity contribution in [1.29, 1.82) is 0 Å². The number of aliphatic imine (C=N–C) groups is 1. The molecule has 0 radical (unpaired) electrons. The van der Waals surface area contributed by atoms with E-state index >= 15 is 0 Å². The van der Waals surface area contributed by atoms with Crippen LogP contribution in [0, 0.1) is 11.6 Å². The first kappa shape index (κ1) is 38.0. The van der Waals surface area contributed by atoms with Gasteiger partial charge in [0.05, 0.1) is 24.2 Å². The molecule has 4 aromatic carbocycles. The van der Waals surface area contributed by atoms with E-state index in [4.69, 9.17) is 9.73 Å². The number of cyclic esters (lactones) is 1. The third kappa shape index (κ3) is 8.78. The maximum Gasteiger partial charge on any atom is 0.416 e. The Bertz CT molecular complexity index is 1950. The number of imide groups is 1. The Balaban J connectivity index is 0.00000523. The van der Waals surface area contributed by atoms with Gasteiger partial charge in [0.2, 0.25) is 5.91 Å². The molecule has 6 rings (SSSR count). The third-order valence-corrected chi connectivity index (χ3v) is 9.04. The Morgan fingerprint density at radius 2 is 1.60 bits per heavy atom. The van der Waals surface area contributed by atoms with Crippen molar-refractivity contribution in [1.82, 2.24) is 9.80 Å². The van der Waals surface area contributed by atoms with E-state index in [1.54, 1.807) is 54.6 Å². The smallest absolute Gasteiger partial charge is 0.416 e. The third-order valence-electron chi connectivity index (χ3n) is 9.04. The molecule has 3 amide bonds. The number of likely N-dealkylation sites (tertiary alicyclic amines) is 1. The van der Waals surface area contributed by atoms with Crippen LogP contribution in [0.5, 0.6) is 0 Å². The molecule has 13 heteroatoms. The number of nitrogens with zero attached hydrogens (tertiary/aromatic N) is 4. The molecule has 0 aromatic heterocycles. The Morgan fingerprint density at radius 1 is 0.904 bits per heavy atom. The first-order valence-electron chi connectivity index (χ1n) is 16.6. The predicted octanol–water partition coefficient (Wildman–Crippen LogP) is 6.60. The van der Waals surface area contributed by atoms with Crippen LogP contribution in [0.3, 0.4) is 0 Å². The van der Waals surface area contributed by atoms with Crippen molar-refractivity contribution in [2.75, 3.05) is 19.7 Å². The van der Waals surface area contributed by atoms with Gasteiger partial charge >= 0.3 is 12.1 Å². The zero-order valence-electron chi connectivity index (χ0n) is 27.8. The Labute approximate surface area is 309 Å². The fourth-order valence-corrected chi connectivity index (χ4v) is 6.50. The second-order valence-corrected chi connectivity index (χ2v) is 12.4. The molecule has 2 fully saturated rings. The van der Waals surface area contributed by atoms with Gasteiger partial charge in [0.15, 0.2) is 17.7 Å². The zero-order chi connectivity index (χ0) is 35.9. The molecule has 272 valence electrons. The summed E-state index contributed by atoms with van der Waals surface area (Å²) in [6, 6.07) is 25.9. The fraction of sp³-hybridized carbons (Fsp3) is 0.256. The van der Waals surface area contributed by atoms with Crippen LogP contribution in [0.4, 0.5) is 19.3 Å². The van der Waals surface area contributed by atoms with E-state index in [0.29, 0.717) is 24.1 Å². The summed E-state index contributed by atoms with van der Waals surface area (Å²) >= 11 is 0. The van der Waals surface area contributed by atoms with Crippen LogP contribution >= 0.6 is 0 Å². The molecule has 2 saturated heterocycles. The van der Waals surface area contributed by atoms with Crippen LogP contribution in [0.2, 0.25) is 0 Å². The monoisotopic (exact) mass is 751 g/mol. The van der Waals surface area contributed by atoms with E-state index in [2.05, 4.69) is 10.2 Å². The summed E-state index contributed by atoms with van der Waals surface area (Å²) < 4.78 is 33.5. The van der Waals surface area contributed by atoms with E-state index < -0.39 is 54.0 Å². The Kier molecular flexibility index (Phi) is 12.6. The second kappa shape index (κ2) is 17.3. The molecule has 0 saturated carbocycles. The summed E-state index contributed by atoms with van der Waals surface area (Å²) in [6.07, 6.45) is 0.00391. The average Bonchev–Trinajstić information content (AvgIpc) is 3.79. The molecule has 0 spiro atoms. The summed E-state index contributed by atoms with van der Waals surface area (Å²) in [5.41, 5.74) is 2.33. The molecule has 3 atom stereocenters. The number of ether oxygens (including phenoxy) is 1. The molecule has 0 unspecified atom stereocenters. The van der Waals surface area contributed by atoms with Crippen LogP contribution in [0.25, 0.3) is 5.32 Å². The number of carboxylic acids is 1. The van der Waals surface area contributed by atoms with E-state index in [1.165, 1.54) is 6.07 Å². The molecule has 2 aliphatic heterocycles. The van der Waals surface area contributed by atoms with Gasteiger partial charge < -0.3 is 20.0 Å². The summed E-state index contributed by atoms with van der Waals surface area (Å²) in [7, 11) is 0. The maximum absolute atomic E-state index is 14.6. The molecule has 1 N–H and O–H groups in total. The summed E-state index contributed by atoms with van der Waals surface area (Å²) in [6.45, 7) is 1.26. The van der Waals surface area contributed by atoms with E-state index in [-0.39, 0.29) is 52.5 Å². The molecule has 4 aromatic rings. The minimum absolute atomic E-state index is 0. The van der Waals surface area contributed by atoms with Gasteiger partial charge in [0.1, 0.15) is 6.61 Å². The molecular formula is C39H35F2N4NiO6-. The summed E-state index contributed by atoms with van der Waals surface area (Å²) in [4.78, 5) is 60.1. The molecule has 10 nitrogen and oxygen atoms in total. The van der Waals surface area contributed by atoms with Crippen molar-refractivity contribution < 1.29 is 54.3 Å². The molecule has 52 heavy (non-hydrogen) atoms. The molecule has 2 aliphatic rings. The largest absolute Gasteiger partial charge is 0.625 e. The van der Waals surface area contributed by atoms with Crippen molar-refractivity contribution in [3.05, 3.63) is 142 Å². The van der Waals surface area contributed by atoms with Crippen LogP contribution in [-0.4, -0.2) is 76.3 Å². The predicted molar refractivity (Wildman–Crippen MR) is 185 cm³/mol. The maximum atomic E-state index is 14.6. The topological polar surface area (TPSA) is 131 Å². The number of hydrogen-bond donors (Lipinski definition) is 1. The first-order chi connectivity index (χ1) is 24.7. The SMILES string of the molecule is O=C(O)[C@H](N=C(c1ccccc1)c1ccccc1[N-]C(=O)[C@@H]1CCCN1Cc1ccccc1)[C@@H](CC(=O)N1CCOC1=O)c1ccc(F)c(F)c1.[Ni]. The number of amides is 3. The van der Waals surface area contributed by atoms with Gasteiger partial charge in [-0.2, -0.15) is 0 Å². The number of para-hydroxylation sites is 1. The minimum atomic E-state index is -1.73. The Morgan fingerprint density at radius 3 is 2.27 bits per heavy atom. The molecule has 0 bridgehead atoms. The number of rotatable bonds is 12. The van der Waals surface area contributed by atoms with Gasteiger partial charge in [-0.15, -0.1) is 5.69 Å². The minimum Gasteiger partial charge on any atom is -0.625 e. The normalized spacial score (nSPS) is 17.2. The fourth-order valence-electron chi connectivity index (χ4n) is 6.50. The quantitative estimate of drug-likeness (QED) is 0.128. The Hall–Kier alpha value is -5.26. The van der Waals surface area contributed by atoms with Crippen LogP contribution in [-0.2, 0) is 42.2 Å². The van der Waals surface area contributed by atoms with Gasteiger partial charge in [-0.25, -0.2) is 23.3 Å². The summed E-state index contributed by atoms with van der Waals surface area (Å²) in [5, 5.41) is 15.2. The van der Waals surface area contributed by atoms with E-state index in [1.807, 2.05) is 30.3 Å². The van der Waals surface area contributed by atoms with Gasteiger partial charge in [-0.1, -0.05) is 91.0 Å². The average molecular weight is 752 g/mol. The van der Waals surface area contributed by atoms with Crippen LogP contribution in [0.1, 0.15) is 47.4 Å². The number of benzene rings is 4. The molecular weight excluding hydrogens is 717 g/mol. The van der Waals surface area contributed by atoms with Gasteiger partial charge in [0.25, 0.3) is 0 Å². The van der Waals surface area contributed by atoms with E-state index in [0.717, 1.165) is 35.6 Å². The number of carbonyl (C=O) groups is 4. The number of hydrogen-bond acceptors (Lipinski definition) is 7. The number of carboxylic acid groups (broad SMARTS) is 1. The van der Waals surface area contributed by atoms with Gasteiger partial charge in [0, 0.05) is 40.9 Å². The van der Waals surface area contributed by atoms with Gasteiger partial charge in [-0.3, -0.25) is 14.7 Å². The molecule has 2 heterocycles. The van der Waals surface area contributed by atoms with Crippen molar-refractivity contribution in [3.8, 4) is 0 Å². The molecule has 0 aliphatic carbocycles. The van der Waals surface area contributed by atoms with Crippen LogP contribution in [0.15, 0.2) is 108 Å². The van der Waals surface area contributed by atoms with Gasteiger partial charge in [-0.05, 0) is 48.2 Å². The number of carbonyl (C=O) groups excluding carboxylic acids is 3. The standard InChI is InChI=1S/C39H36F2N4O6.Ni/c40-30-18-17-27(22-31(30)41)29(23-34(46)45-20-21-51-39(45)50)36(38(48)49)43-35(26-12-5-2-6-13-26)28-14-7-8-15-32(28)42-37(47)33-16-9-19-44(33)24-25-10-3-1-4-11-25;/h1-8,10-15,17-18,22,29,33,36H,9,16,19-21,23-24H2,(H2,42,43,47,48,49);/p-1/t29-,33-,36+;/m0./s1. The van der Waals surface area contributed by atoms with E-state index in [9.17, 15) is 33.1 Å². The second-order valence-electron chi connectivity index (χ2n) is 12.4. The number of halogens is 2. The summed E-state index contributed by atoms with van der Waals surface area (Å²) in [5.74, 6) is -6.29. The van der Waals surface area contributed by atoms with Crippen molar-refractivity contribution >= 4 is 35.3 Å². The van der Waals surface area contributed by atoms with Crippen molar-refractivity contribution in [3.63, 3.8) is 0 Å². The first-order valence-corrected chi connectivity index (χ1v) is 16.6. The van der Waals surface area contributed by atoms with Crippen LogP contribution < -0.4 is 0 Å². The zero-order valence-corrected chi connectivity index (χ0v) is 28.8. The van der Waals surface area contributed by atoms with Crippen molar-refractivity contribution in [2.45, 2.75) is 43.8 Å².